The number of hydrogen-bond acceptors (Lipinski definition) is 4. The van der Waals surface area contributed by atoms with E-state index in [9.17, 15) is 18.6 Å². The minimum absolute atomic E-state index is 0.0503. The molecule has 0 rings (SSSR count). The molecule has 0 amide bonds. The van der Waals surface area contributed by atoms with E-state index in [1.807, 2.05) is 20.8 Å². The first-order valence-electron chi connectivity index (χ1n) is 6.23. The Morgan fingerprint density at radius 3 is 2.00 bits per heavy atom. The third-order valence-electron chi connectivity index (χ3n) is 2.97. The van der Waals surface area contributed by atoms with Gasteiger partial charge >= 0.3 is 0 Å². The zero-order valence-corrected chi connectivity index (χ0v) is 12.0. The van der Waals surface area contributed by atoms with Gasteiger partial charge in [0, 0.05) is 11.2 Å². The second-order valence-corrected chi connectivity index (χ2v) is 7.62. The molecule has 2 N–H and O–H groups in total. The van der Waals surface area contributed by atoms with E-state index < -0.39 is 15.3 Å². The van der Waals surface area contributed by atoms with Crippen LogP contribution in [0.1, 0.15) is 40.0 Å². The summed E-state index contributed by atoms with van der Waals surface area (Å²) in [6.45, 7) is 5.50. The largest absolute Gasteiger partial charge is 0.396 e. The molecule has 0 aliphatic heterocycles. The molecule has 5 heteroatoms. The first kappa shape index (κ1) is 16.9. The van der Waals surface area contributed by atoms with Crippen molar-refractivity contribution in [2.24, 2.45) is 11.3 Å². The van der Waals surface area contributed by atoms with Crippen LogP contribution < -0.4 is 0 Å². The average molecular weight is 266 g/mol. The smallest absolute Gasteiger partial charge is 0.150 e. The van der Waals surface area contributed by atoms with E-state index in [0.717, 1.165) is 0 Å². The van der Waals surface area contributed by atoms with Crippen LogP contribution in [0, 0.1) is 11.3 Å². The molecule has 0 atom stereocenters. The molecule has 0 heterocycles. The second-order valence-electron chi connectivity index (χ2n) is 5.32. The van der Waals surface area contributed by atoms with Crippen LogP contribution in [0.15, 0.2) is 0 Å². The van der Waals surface area contributed by atoms with Gasteiger partial charge in [0.25, 0.3) is 0 Å². The highest BCUT2D eigenvalue weighted by molar-refractivity contribution is 7.91. The van der Waals surface area contributed by atoms with Crippen molar-refractivity contribution in [1.29, 1.82) is 0 Å². The third kappa shape index (κ3) is 6.38. The van der Waals surface area contributed by atoms with E-state index in [-0.39, 0.29) is 24.7 Å². The molecular weight excluding hydrogens is 240 g/mol. The molecule has 17 heavy (non-hydrogen) atoms. The molecule has 0 saturated heterocycles. The van der Waals surface area contributed by atoms with Gasteiger partial charge in [-0.25, -0.2) is 8.42 Å². The Morgan fingerprint density at radius 1 is 1.12 bits per heavy atom. The number of hydrogen-bond donors (Lipinski definition) is 2. The van der Waals surface area contributed by atoms with Crippen LogP contribution in [0.5, 0.6) is 0 Å². The van der Waals surface area contributed by atoms with E-state index in [1.54, 1.807) is 0 Å². The maximum atomic E-state index is 11.6. The molecule has 0 spiro atoms. The van der Waals surface area contributed by atoms with Crippen LogP contribution in [0.2, 0.25) is 0 Å². The molecule has 0 fully saturated rings. The maximum Gasteiger partial charge on any atom is 0.150 e. The molecule has 0 aliphatic rings. The zero-order valence-electron chi connectivity index (χ0n) is 11.1. The van der Waals surface area contributed by atoms with Gasteiger partial charge in [-0.15, -0.1) is 0 Å². The van der Waals surface area contributed by atoms with Gasteiger partial charge in [0.2, 0.25) is 0 Å². The van der Waals surface area contributed by atoms with Crippen LogP contribution in [0.3, 0.4) is 0 Å². The summed E-state index contributed by atoms with van der Waals surface area (Å²) in [7, 11) is -3.04. The average Bonchev–Trinajstić information content (AvgIpc) is 2.24. The van der Waals surface area contributed by atoms with Crippen LogP contribution in [-0.4, -0.2) is 43.4 Å². The molecule has 0 aromatic heterocycles. The fraction of sp³-hybridized carbons (Fsp3) is 1.00. The van der Waals surface area contributed by atoms with Crippen molar-refractivity contribution in [3.05, 3.63) is 0 Å². The monoisotopic (exact) mass is 266 g/mol. The Balaban J connectivity index is 4.56. The van der Waals surface area contributed by atoms with E-state index in [1.165, 1.54) is 0 Å². The zero-order chi connectivity index (χ0) is 13.5. The van der Waals surface area contributed by atoms with Crippen molar-refractivity contribution >= 4 is 9.84 Å². The number of sulfone groups is 1. The highest BCUT2D eigenvalue weighted by Gasteiger charge is 2.31. The van der Waals surface area contributed by atoms with Gasteiger partial charge in [0.15, 0.2) is 0 Å². The number of aliphatic hydroxyl groups excluding tert-OH is 2. The summed E-state index contributed by atoms with van der Waals surface area (Å²) in [5.41, 5.74) is -0.658. The van der Waals surface area contributed by atoms with E-state index in [2.05, 4.69) is 0 Å². The van der Waals surface area contributed by atoms with Gasteiger partial charge in [-0.1, -0.05) is 20.8 Å². The van der Waals surface area contributed by atoms with Crippen molar-refractivity contribution in [2.45, 2.75) is 40.0 Å². The SMILES string of the molecule is CCCS(=O)(=O)CCC(CO)(CO)CC(C)C. The molecule has 0 radical (unpaired) electrons. The lowest BCUT2D eigenvalue weighted by Gasteiger charge is -2.31. The van der Waals surface area contributed by atoms with E-state index in [0.29, 0.717) is 25.2 Å². The van der Waals surface area contributed by atoms with Gasteiger partial charge < -0.3 is 10.2 Å². The van der Waals surface area contributed by atoms with Crippen molar-refractivity contribution in [3.8, 4) is 0 Å². The molecular formula is C12H26O4S. The molecule has 4 nitrogen and oxygen atoms in total. The third-order valence-corrected chi connectivity index (χ3v) is 4.83. The lowest BCUT2D eigenvalue weighted by molar-refractivity contribution is 0.0343. The molecule has 0 saturated carbocycles. The van der Waals surface area contributed by atoms with Gasteiger partial charge in [-0.2, -0.15) is 0 Å². The Kier molecular flexibility index (Phi) is 7.28. The first-order valence-corrected chi connectivity index (χ1v) is 8.05. The Bertz CT molecular complexity index is 292. The lowest BCUT2D eigenvalue weighted by atomic mass is 9.79. The van der Waals surface area contributed by atoms with Gasteiger partial charge in [0.1, 0.15) is 9.84 Å². The normalized spacial score (nSPS) is 13.3. The quantitative estimate of drug-likeness (QED) is 0.658. The first-order chi connectivity index (χ1) is 7.81. The van der Waals surface area contributed by atoms with Gasteiger partial charge in [0.05, 0.1) is 19.0 Å². The molecule has 0 bridgehead atoms. The molecule has 104 valence electrons. The van der Waals surface area contributed by atoms with Crippen LogP contribution in [0.25, 0.3) is 0 Å². The number of aliphatic hydroxyl groups is 2. The summed E-state index contributed by atoms with van der Waals surface area (Å²) in [6.07, 6.45) is 1.58. The summed E-state index contributed by atoms with van der Waals surface area (Å²) >= 11 is 0. The molecule has 0 aromatic carbocycles. The summed E-state index contributed by atoms with van der Waals surface area (Å²) in [6, 6.07) is 0. The van der Waals surface area contributed by atoms with Crippen LogP contribution >= 0.6 is 0 Å². The minimum atomic E-state index is -3.04. The fourth-order valence-corrected chi connectivity index (χ4v) is 3.66. The highest BCUT2D eigenvalue weighted by Crippen LogP contribution is 2.30. The predicted octanol–water partition coefficient (Wildman–Crippen LogP) is 1.22. The standard InChI is InChI=1S/C12H26O4S/c1-4-6-17(15,16)7-5-12(9-13,10-14)8-11(2)3/h11,13-14H,4-10H2,1-3H3. The van der Waals surface area contributed by atoms with E-state index in [4.69, 9.17) is 0 Å². The predicted molar refractivity (Wildman–Crippen MR) is 69.6 cm³/mol. The Labute approximate surface area is 105 Å². The van der Waals surface area contributed by atoms with Crippen LogP contribution in [-0.2, 0) is 9.84 Å². The molecule has 0 aliphatic carbocycles. The van der Waals surface area contributed by atoms with Crippen molar-refractivity contribution in [2.75, 3.05) is 24.7 Å². The lowest BCUT2D eigenvalue weighted by Crippen LogP contribution is -2.34. The van der Waals surface area contributed by atoms with Crippen molar-refractivity contribution in [1.82, 2.24) is 0 Å². The number of rotatable bonds is 9. The Morgan fingerprint density at radius 2 is 1.65 bits per heavy atom. The molecule has 0 aromatic rings. The van der Waals surface area contributed by atoms with Gasteiger partial charge in [-0.3, -0.25) is 0 Å². The molecule has 0 unspecified atom stereocenters. The summed E-state index contributed by atoms with van der Waals surface area (Å²) < 4.78 is 23.3. The maximum absolute atomic E-state index is 11.6. The minimum Gasteiger partial charge on any atom is -0.396 e. The summed E-state index contributed by atoms with van der Waals surface area (Å²) in [4.78, 5) is 0. The van der Waals surface area contributed by atoms with Crippen molar-refractivity contribution < 1.29 is 18.6 Å². The Hall–Kier alpha value is -0.130. The van der Waals surface area contributed by atoms with Gasteiger partial charge in [-0.05, 0) is 25.2 Å². The van der Waals surface area contributed by atoms with E-state index >= 15 is 0 Å². The highest BCUT2D eigenvalue weighted by atomic mass is 32.2. The second kappa shape index (κ2) is 7.34. The summed E-state index contributed by atoms with van der Waals surface area (Å²) in [5.74, 6) is 0.555. The summed E-state index contributed by atoms with van der Waals surface area (Å²) in [5, 5.41) is 18.8. The van der Waals surface area contributed by atoms with Crippen molar-refractivity contribution in [3.63, 3.8) is 0 Å². The van der Waals surface area contributed by atoms with Crippen LogP contribution in [0.4, 0.5) is 0 Å². The topological polar surface area (TPSA) is 74.6 Å². The fourth-order valence-electron chi connectivity index (χ4n) is 2.09.